The third-order valence-corrected chi connectivity index (χ3v) is 6.73. The van der Waals surface area contributed by atoms with E-state index in [0.717, 1.165) is 42.1 Å². The van der Waals surface area contributed by atoms with Crippen LogP contribution in [0.5, 0.6) is 0 Å². The zero-order valence-electron chi connectivity index (χ0n) is 22.1. The molecule has 0 atom stereocenters. The van der Waals surface area contributed by atoms with Crippen molar-refractivity contribution in [2.24, 2.45) is 0 Å². The fourth-order valence-electron chi connectivity index (χ4n) is 4.89. The third-order valence-electron chi connectivity index (χ3n) is 6.73. The molecule has 5 rings (SSSR count). The summed E-state index contributed by atoms with van der Waals surface area (Å²) >= 11 is 0. The number of fused-ring (bicyclic) bond motifs is 2. The predicted molar refractivity (Wildman–Crippen MR) is 148 cm³/mol. The Morgan fingerprint density at radius 3 is 2.76 bits per heavy atom. The van der Waals surface area contributed by atoms with E-state index in [2.05, 4.69) is 59.4 Å². The van der Waals surface area contributed by atoms with Crippen molar-refractivity contribution in [3.63, 3.8) is 0 Å². The molecule has 4 heterocycles. The minimum Gasteiger partial charge on any atom is -0.324 e. The Kier molecular flexibility index (Phi) is 6.34. The molecular weight excluding hydrogens is 462 g/mol. The van der Waals surface area contributed by atoms with E-state index in [9.17, 15) is 4.79 Å². The van der Waals surface area contributed by atoms with Crippen LogP contribution in [-0.4, -0.2) is 30.9 Å². The number of nitrogens with zero attached hydrogens (tertiary/aromatic N) is 5. The molecule has 8 nitrogen and oxygen atoms in total. The summed E-state index contributed by atoms with van der Waals surface area (Å²) in [6.07, 6.45) is 10.6. The highest BCUT2D eigenvalue weighted by molar-refractivity contribution is 5.77. The van der Waals surface area contributed by atoms with E-state index < -0.39 is 0 Å². The fraction of sp³-hybridized carbons (Fsp3) is 0.379. The maximum Gasteiger partial charge on any atom is 0.278 e. The molecule has 0 unspecified atom stereocenters. The summed E-state index contributed by atoms with van der Waals surface area (Å²) in [5, 5.41) is 7.27. The van der Waals surface area contributed by atoms with Gasteiger partial charge < -0.3 is 10.6 Å². The van der Waals surface area contributed by atoms with E-state index in [0.29, 0.717) is 23.4 Å². The van der Waals surface area contributed by atoms with E-state index in [1.54, 1.807) is 17.1 Å². The first-order valence-corrected chi connectivity index (χ1v) is 12.7. The third kappa shape index (κ3) is 4.63. The molecule has 1 aliphatic heterocycles. The van der Waals surface area contributed by atoms with Crippen LogP contribution in [0.1, 0.15) is 63.0 Å². The van der Waals surface area contributed by atoms with Crippen LogP contribution in [0.4, 0.5) is 11.6 Å². The zero-order valence-corrected chi connectivity index (χ0v) is 22.1. The number of benzene rings is 1. The molecule has 190 valence electrons. The lowest BCUT2D eigenvalue weighted by Gasteiger charge is -2.21. The lowest BCUT2D eigenvalue weighted by Crippen LogP contribution is -2.25. The number of rotatable bonds is 5. The first-order chi connectivity index (χ1) is 17.7. The Morgan fingerprint density at radius 2 is 2.03 bits per heavy atom. The van der Waals surface area contributed by atoms with Crippen LogP contribution in [0.25, 0.3) is 16.7 Å². The van der Waals surface area contributed by atoms with Gasteiger partial charge in [-0.2, -0.15) is 4.98 Å². The van der Waals surface area contributed by atoms with E-state index in [4.69, 9.17) is 11.4 Å². The number of hydrogen-bond acceptors (Lipinski definition) is 6. The largest absolute Gasteiger partial charge is 0.324 e. The van der Waals surface area contributed by atoms with Crippen molar-refractivity contribution in [2.75, 3.05) is 11.9 Å². The van der Waals surface area contributed by atoms with E-state index in [-0.39, 0.29) is 17.0 Å². The van der Waals surface area contributed by atoms with Crippen molar-refractivity contribution in [2.45, 2.75) is 65.5 Å². The van der Waals surface area contributed by atoms with Crippen molar-refractivity contribution in [3.05, 3.63) is 69.4 Å². The summed E-state index contributed by atoms with van der Waals surface area (Å²) in [6, 6.07) is 8.08. The highest BCUT2D eigenvalue weighted by Gasteiger charge is 2.22. The summed E-state index contributed by atoms with van der Waals surface area (Å²) in [5.74, 6) is 3.20. The van der Waals surface area contributed by atoms with Crippen molar-refractivity contribution in [1.29, 1.82) is 0 Å². The SMILES string of the molecule is C#CCc1cc(Nc2ncc3c(=O)n(C(C)C)n(-c4ccnc(C(C)(C)C)c4)c3n2)cc2c1CNCC2. The highest BCUT2D eigenvalue weighted by Crippen LogP contribution is 2.28. The van der Waals surface area contributed by atoms with Gasteiger partial charge >= 0.3 is 0 Å². The van der Waals surface area contributed by atoms with Crippen LogP contribution in [0.3, 0.4) is 0 Å². The first-order valence-electron chi connectivity index (χ1n) is 12.7. The molecule has 0 fully saturated rings. The normalized spacial score (nSPS) is 13.5. The topological polar surface area (TPSA) is 89.7 Å². The average molecular weight is 496 g/mol. The Labute approximate surface area is 217 Å². The van der Waals surface area contributed by atoms with Gasteiger partial charge in [-0.1, -0.05) is 20.8 Å². The lowest BCUT2D eigenvalue weighted by atomic mass is 9.91. The summed E-state index contributed by atoms with van der Waals surface area (Å²) in [5.41, 5.74) is 6.64. The van der Waals surface area contributed by atoms with Crippen LogP contribution in [0.15, 0.2) is 41.5 Å². The van der Waals surface area contributed by atoms with Gasteiger partial charge in [0.05, 0.1) is 5.69 Å². The average Bonchev–Trinajstić information content (AvgIpc) is 3.15. The minimum absolute atomic E-state index is 0.0788. The summed E-state index contributed by atoms with van der Waals surface area (Å²) < 4.78 is 3.61. The van der Waals surface area contributed by atoms with Crippen LogP contribution >= 0.6 is 0 Å². The molecule has 0 aliphatic carbocycles. The Hall–Kier alpha value is -3.96. The molecule has 0 amide bonds. The van der Waals surface area contributed by atoms with Crippen LogP contribution < -0.4 is 16.2 Å². The van der Waals surface area contributed by atoms with Crippen LogP contribution in [0.2, 0.25) is 0 Å². The molecule has 2 N–H and O–H groups in total. The quantitative estimate of drug-likeness (QED) is 0.399. The first kappa shape index (κ1) is 24.7. The van der Waals surface area contributed by atoms with Gasteiger partial charge in [0, 0.05) is 48.2 Å². The van der Waals surface area contributed by atoms with Gasteiger partial charge in [-0.15, -0.1) is 12.3 Å². The second kappa shape index (κ2) is 9.49. The zero-order chi connectivity index (χ0) is 26.3. The predicted octanol–water partition coefficient (Wildman–Crippen LogP) is 4.42. The standard InChI is InChI=1S/C29H33N7O/c1-7-8-19-13-21(14-20-9-11-30-16-23(19)20)33-28-32-17-24-26(34-28)36(35(18(2)3)27(24)37)22-10-12-31-25(15-22)29(4,5)6/h1,10,12-15,17-18,30H,8-9,11,16H2,2-6H3,(H,32,33,34). The van der Waals surface area contributed by atoms with Gasteiger partial charge in [0.1, 0.15) is 5.39 Å². The molecule has 0 bridgehead atoms. The summed E-state index contributed by atoms with van der Waals surface area (Å²) in [6.45, 7) is 12.1. The van der Waals surface area contributed by atoms with Gasteiger partial charge in [-0.3, -0.25) is 9.78 Å². The maximum absolute atomic E-state index is 13.4. The molecule has 0 saturated heterocycles. The molecule has 1 aromatic carbocycles. The number of pyridine rings is 1. The Bertz CT molecular complexity index is 1580. The smallest absolute Gasteiger partial charge is 0.278 e. The van der Waals surface area contributed by atoms with Gasteiger partial charge in [0.2, 0.25) is 5.95 Å². The molecule has 3 aromatic heterocycles. The second-order valence-corrected chi connectivity index (χ2v) is 10.8. The molecule has 1 aliphatic rings. The van der Waals surface area contributed by atoms with Gasteiger partial charge in [0.15, 0.2) is 5.65 Å². The summed E-state index contributed by atoms with van der Waals surface area (Å²) in [4.78, 5) is 27.3. The maximum atomic E-state index is 13.4. The van der Waals surface area contributed by atoms with Gasteiger partial charge in [-0.05, 0) is 67.8 Å². The van der Waals surface area contributed by atoms with Crippen molar-refractivity contribution in [1.82, 2.24) is 29.6 Å². The monoisotopic (exact) mass is 495 g/mol. The highest BCUT2D eigenvalue weighted by atomic mass is 16.1. The number of terminal acetylenes is 1. The van der Waals surface area contributed by atoms with Gasteiger partial charge in [0.25, 0.3) is 5.56 Å². The second-order valence-electron chi connectivity index (χ2n) is 10.8. The number of aromatic nitrogens is 5. The van der Waals surface area contributed by atoms with Crippen molar-refractivity contribution in [3.8, 4) is 18.0 Å². The van der Waals surface area contributed by atoms with Crippen LogP contribution in [0, 0.1) is 12.3 Å². The molecule has 8 heteroatoms. The Morgan fingerprint density at radius 1 is 1.22 bits per heavy atom. The molecule has 37 heavy (non-hydrogen) atoms. The van der Waals surface area contributed by atoms with E-state index in [1.807, 2.05) is 30.7 Å². The number of anilines is 2. The van der Waals surface area contributed by atoms with E-state index >= 15 is 0 Å². The van der Waals surface area contributed by atoms with Crippen molar-refractivity contribution < 1.29 is 0 Å². The molecule has 0 saturated carbocycles. The van der Waals surface area contributed by atoms with Gasteiger partial charge in [-0.25, -0.2) is 14.3 Å². The number of hydrogen-bond donors (Lipinski definition) is 2. The lowest BCUT2D eigenvalue weighted by molar-refractivity contribution is 0.474. The Balaban J connectivity index is 1.64. The van der Waals surface area contributed by atoms with Crippen LogP contribution in [-0.2, 0) is 24.8 Å². The molecule has 0 spiro atoms. The minimum atomic E-state index is -0.137. The summed E-state index contributed by atoms with van der Waals surface area (Å²) in [7, 11) is 0. The molecule has 0 radical (unpaired) electrons. The molecule has 4 aromatic rings. The molecular formula is C29H33N7O. The fourth-order valence-corrected chi connectivity index (χ4v) is 4.89. The van der Waals surface area contributed by atoms with E-state index in [1.165, 1.54) is 11.1 Å². The van der Waals surface area contributed by atoms with Crippen molar-refractivity contribution >= 4 is 22.7 Å². The number of nitrogens with one attached hydrogen (secondary N) is 2.